The molecule has 17 heteroatoms. The molecule has 8 nitrogen and oxygen atoms in total. The number of thiophene rings is 1. The van der Waals surface area contributed by atoms with Crippen LogP contribution in [-0.4, -0.2) is 36.8 Å². The van der Waals surface area contributed by atoms with Gasteiger partial charge in [-0.25, -0.2) is 13.1 Å². The lowest BCUT2D eigenvalue weighted by atomic mass is 10.1. The zero-order chi connectivity index (χ0) is 32.3. The Balaban J connectivity index is 1.37. The number of nitrogens with one attached hydrogen (secondary N) is 3. The lowest BCUT2D eigenvalue weighted by molar-refractivity contribution is -0.143. The topological polar surface area (TPSA) is 120 Å². The third-order valence-corrected chi connectivity index (χ3v) is 8.91. The van der Waals surface area contributed by atoms with Gasteiger partial charge >= 0.3 is 12.4 Å². The number of anilines is 1. The summed E-state index contributed by atoms with van der Waals surface area (Å²) in [5, 5.41) is 25.3. The summed E-state index contributed by atoms with van der Waals surface area (Å²) >= 11 is 5.86. The number of phenolic OH excluding ortho intramolecular Hbond substituents is 2. The van der Waals surface area contributed by atoms with Crippen LogP contribution in [0.3, 0.4) is 0 Å². The number of phenols is 2. The monoisotopic (exact) mass is 677 g/mol. The predicted molar refractivity (Wildman–Crippen MR) is 155 cm³/mol. The number of rotatable bonds is 9. The third-order valence-electron chi connectivity index (χ3n) is 5.76. The van der Waals surface area contributed by atoms with E-state index in [4.69, 9.17) is 17.0 Å². The van der Waals surface area contributed by atoms with Crippen LogP contribution < -0.4 is 20.1 Å². The van der Waals surface area contributed by atoms with Gasteiger partial charge in [0.05, 0.1) is 11.1 Å². The zero-order valence-corrected chi connectivity index (χ0v) is 24.4. The molecule has 5 N–H and O–H groups in total. The highest BCUT2D eigenvalue weighted by atomic mass is 32.2. The molecule has 44 heavy (non-hydrogen) atoms. The van der Waals surface area contributed by atoms with Crippen molar-refractivity contribution in [3.63, 3.8) is 0 Å². The van der Waals surface area contributed by atoms with E-state index in [1.54, 1.807) is 29.6 Å². The summed E-state index contributed by atoms with van der Waals surface area (Å²) in [7, 11) is -4.02. The number of halogens is 6. The Morgan fingerprint density at radius 1 is 0.864 bits per heavy atom. The van der Waals surface area contributed by atoms with Crippen molar-refractivity contribution < 1.29 is 49.7 Å². The van der Waals surface area contributed by atoms with Gasteiger partial charge in [0.1, 0.15) is 15.7 Å². The van der Waals surface area contributed by atoms with E-state index in [-0.39, 0.29) is 45.7 Å². The van der Waals surface area contributed by atoms with Crippen molar-refractivity contribution in [3.05, 3.63) is 83.2 Å². The molecule has 0 spiro atoms. The summed E-state index contributed by atoms with van der Waals surface area (Å²) < 4.78 is 112. The molecule has 4 rings (SSSR count). The van der Waals surface area contributed by atoms with Crippen molar-refractivity contribution in [1.29, 1.82) is 0 Å². The van der Waals surface area contributed by atoms with Crippen molar-refractivity contribution in [1.82, 2.24) is 10.0 Å². The lowest BCUT2D eigenvalue weighted by Crippen LogP contribution is -2.36. The Morgan fingerprint density at radius 2 is 1.52 bits per heavy atom. The van der Waals surface area contributed by atoms with E-state index >= 15 is 0 Å². The Labute approximate surface area is 256 Å². The normalized spacial score (nSPS) is 12.1. The van der Waals surface area contributed by atoms with Gasteiger partial charge in [0.2, 0.25) is 10.0 Å². The van der Waals surface area contributed by atoms with Crippen molar-refractivity contribution in [2.45, 2.75) is 16.6 Å². The van der Waals surface area contributed by atoms with Crippen molar-refractivity contribution in [2.24, 2.45) is 0 Å². The SMILES string of the molecule is O=S(=O)(NCCNC(=S)Nc1cc(C(F)(F)F)cc(C(F)(F)F)c1)c1cc(-c2ccccc2Oc2ccc(O)c(O)c2)cs1. The second kappa shape index (κ2) is 12.9. The number of hydrogen-bond acceptors (Lipinski definition) is 7. The average molecular weight is 678 g/mol. The molecule has 0 aliphatic carbocycles. The van der Waals surface area contributed by atoms with E-state index in [0.717, 1.165) is 11.3 Å². The summed E-state index contributed by atoms with van der Waals surface area (Å²) in [6.45, 7) is -0.373. The van der Waals surface area contributed by atoms with Crippen molar-refractivity contribution >= 4 is 44.4 Å². The molecule has 234 valence electrons. The number of benzene rings is 3. The highest BCUT2D eigenvalue weighted by Gasteiger charge is 2.37. The number of para-hydroxylation sites is 1. The maximum Gasteiger partial charge on any atom is 0.416 e. The second-order valence-corrected chi connectivity index (χ2v) is 12.3. The number of hydrogen-bond donors (Lipinski definition) is 5. The quantitative estimate of drug-likeness (QED) is 0.0561. The number of aromatic hydroxyl groups is 2. The Bertz CT molecular complexity index is 1740. The van der Waals surface area contributed by atoms with Gasteiger partial charge in [-0.3, -0.25) is 0 Å². The minimum absolute atomic E-state index is 0.0144. The molecule has 3 aromatic carbocycles. The van der Waals surface area contributed by atoms with Crippen molar-refractivity contribution in [3.8, 4) is 34.1 Å². The van der Waals surface area contributed by atoms with Gasteiger partial charge in [0.15, 0.2) is 16.6 Å². The molecule has 0 radical (unpaired) electrons. The number of sulfonamides is 1. The fourth-order valence-electron chi connectivity index (χ4n) is 3.72. The molecule has 0 aliphatic rings. The van der Waals surface area contributed by atoms with Crippen LogP contribution in [0.4, 0.5) is 32.0 Å². The fourth-order valence-corrected chi connectivity index (χ4v) is 6.20. The van der Waals surface area contributed by atoms with Gasteiger partial charge in [0.25, 0.3) is 0 Å². The molecule has 0 bridgehead atoms. The third kappa shape index (κ3) is 8.31. The standard InChI is InChI=1S/C27H21F6N3O5S3/c28-26(29,30)16-10-17(27(31,32)33)12-18(11-16)36-25(42)34-7-8-35-44(39,40)24-9-15(14-43-24)20-3-1-2-4-23(20)41-19-5-6-21(37)22(38)13-19/h1-6,9-14,35,37-38H,7-8H2,(H2,34,36,42). The molecule has 0 saturated heterocycles. The van der Waals surface area contributed by atoms with Crippen LogP contribution in [0, 0.1) is 0 Å². The first-order chi connectivity index (χ1) is 20.5. The summed E-state index contributed by atoms with van der Waals surface area (Å²) in [5.41, 5.74) is -2.54. The summed E-state index contributed by atoms with van der Waals surface area (Å²) in [5.74, 6) is -0.131. The smallest absolute Gasteiger partial charge is 0.416 e. The zero-order valence-electron chi connectivity index (χ0n) is 22.0. The minimum Gasteiger partial charge on any atom is -0.504 e. The summed E-state index contributed by atoms with van der Waals surface area (Å²) in [4.78, 5) is 0. The molecule has 0 unspecified atom stereocenters. The van der Waals surface area contributed by atoms with Crippen LogP contribution in [0.1, 0.15) is 11.1 Å². The molecule has 0 aliphatic heterocycles. The molecule has 0 fully saturated rings. The molecule has 0 saturated carbocycles. The molecular formula is C27H21F6N3O5S3. The fraction of sp³-hybridized carbons (Fsp3) is 0.148. The van der Waals surface area contributed by atoms with Gasteiger partial charge in [-0.2, -0.15) is 26.3 Å². The first-order valence-electron chi connectivity index (χ1n) is 12.2. The van der Waals surface area contributed by atoms with Gasteiger partial charge in [-0.05, 0) is 60.2 Å². The van der Waals surface area contributed by atoms with Crippen LogP contribution in [0.2, 0.25) is 0 Å². The predicted octanol–water partition coefficient (Wildman–Crippen LogP) is 6.92. The van der Waals surface area contributed by atoms with Crippen LogP contribution in [0.15, 0.2) is 76.3 Å². The van der Waals surface area contributed by atoms with Gasteiger partial charge in [-0.1, -0.05) is 18.2 Å². The summed E-state index contributed by atoms with van der Waals surface area (Å²) in [6, 6.07) is 13.0. The van der Waals surface area contributed by atoms with E-state index in [1.165, 1.54) is 24.3 Å². The first kappa shape index (κ1) is 32.8. The minimum atomic E-state index is -5.03. The Hall–Kier alpha value is -4.06. The number of thiocarbonyl (C=S) groups is 1. The van der Waals surface area contributed by atoms with E-state index in [9.17, 15) is 45.0 Å². The van der Waals surface area contributed by atoms with Gasteiger partial charge in [-0.15, -0.1) is 11.3 Å². The van der Waals surface area contributed by atoms with E-state index in [1.807, 2.05) is 0 Å². The van der Waals surface area contributed by atoms with Crippen LogP contribution in [0.5, 0.6) is 23.0 Å². The van der Waals surface area contributed by atoms with E-state index in [0.29, 0.717) is 29.0 Å². The second-order valence-electron chi connectivity index (χ2n) is 8.98. The Kier molecular flexibility index (Phi) is 9.62. The highest BCUT2D eigenvalue weighted by Crippen LogP contribution is 2.39. The molecule has 1 heterocycles. The molecule has 0 atom stereocenters. The van der Waals surface area contributed by atoms with E-state index < -0.39 is 39.2 Å². The van der Waals surface area contributed by atoms with E-state index in [2.05, 4.69) is 15.4 Å². The first-order valence-corrected chi connectivity index (χ1v) is 15.0. The maximum atomic E-state index is 13.1. The van der Waals surface area contributed by atoms with Crippen molar-refractivity contribution in [2.75, 3.05) is 18.4 Å². The molecule has 4 aromatic rings. The Morgan fingerprint density at radius 3 is 2.16 bits per heavy atom. The molecule has 0 amide bonds. The van der Waals surface area contributed by atoms with Crippen LogP contribution in [0.25, 0.3) is 11.1 Å². The van der Waals surface area contributed by atoms with Crippen LogP contribution in [-0.2, 0) is 22.4 Å². The highest BCUT2D eigenvalue weighted by molar-refractivity contribution is 7.91. The largest absolute Gasteiger partial charge is 0.504 e. The van der Waals surface area contributed by atoms with Gasteiger partial charge < -0.3 is 25.6 Å². The lowest BCUT2D eigenvalue weighted by Gasteiger charge is -2.16. The maximum absolute atomic E-state index is 13.1. The van der Waals surface area contributed by atoms with Gasteiger partial charge in [0, 0.05) is 35.8 Å². The molecular weight excluding hydrogens is 657 g/mol. The number of alkyl halides is 6. The molecule has 1 aromatic heterocycles. The summed E-state index contributed by atoms with van der Waals surface area (Å²) in [6.07, 6.45) is -10.1. The average Bonchev–Trinajstić information content (AvgIpc) is 3.44. The van der Waals surface area contributed by atoms with Crippen LogP contribution >= 0.6 is 23.6 Å². The number of ether oxygens (including phenoxy) is 1.